The summed E-state index contributed by atoms with van der Waals surface area (Å²) >= 11 is 0. The van der Waals surface area contributed by atoms with Crippen molar-refractivity contribution in [2.45, 2.75) is 13.0 Å². The molecule has 0 radical (unpaired) electrons. The number of benzene rings is 2. The molecule has 0 aromatic heterocycles. The zero-order valence-electron chi connectivity index (χ0n) is 15.0. The Kier molecular flexibility index (Phi) is 6.70. The second kappa shape index (κ2) is 8.98. The smallest absolute Gasteiger partial charge is 0.338 e. The van der Waals surface area contributed by atoms with Crippen molar-refractivity contribution in [1.82, 2.24) is 5.32 Å². The molecular weight excluding hydrogens is 360 g/mol. The quantitative estimate of drug-likeness (QED) is 0.749. The molecule has 1 amide bonds. The van der Waals surface area contributed by atoms with Crippen molar-refractivity contribution < 1.29 is 32.6 Å². The molecule has 0 aliphatic heterocycles. The van der Waals surface area contributed by atoms with Gasteiger partial charge in [0.1, 0.15) is 11.5 Å². The fourth-order valence-corrected chi connectivity index (χ4v) is 2.38. The first-order chi connectivity index (χ1) is 12.8. The number of carbonyl (C=O) groups excluding carboxylic acids is 2. The van der Waals surface area contributed by atoms with Gasteiger partial charge in [0.2, 0.25) is 0 Å². The first kappa shape index (κ1) is 20.2. The summed E-state index contributed by atoms with van der Waals surface area (Å²) in [5.41, 5.74) is 0.487. The lowest BCUT2D eigenvalue weighted by molar-refractivity contribution is -0.124. The first-order valence-electron chi connectivity index (χ1n) is 7.99. The molecule has 0 heterocycles. The molecule has 0 bridgehead atoms. The molecular formula is C19H19F2NO5. The minimum Gasteiger partial charge on any atom is -0.497 e. The lowest BCUT2D eigenvalue weighted by atomic mass is 10.1. The van der Waals surface area contributed by atoms with E-state index in [9.17, 15) is 18.4 Å². The molecule has 1 atom stereocenters. The molecule has 144 valence electrons. The minimum absolute atomic E-state index is 0.191. The SMILES string of the molecule is COc1ccc(OC)c([C@H](C)NC(=O)COC(=O)c2ccc(F)c(F)c2)c1. The van der Waals surface area contributed by atoms with Crippen LogP contribution in [0.15, 0.2) is 36.4 Å². The number of methoxy groups -OCH3 is 2. The van der Waals surface area contributed by atoms with Crippen molar-refractivity contribution in [3.63, 3.8) is 0 Å². The van der Waals surface area contributed by atoms with Crippen molar-refractivity contribution in [3.05, 3.63) is 59.2 Å². The Labute approximate surface area is 155 Å². The molecule has 6 nitrogen and oxygen atoms in total. The van der Waals surface area contributed by atoms with Crippen LogP contribution in [0.5, 0.6) is 11.5 Å². The van der Waals surface area contributed by atoms with Crippen LogP contribution >= 0.6 is 0 Å². The summed E-state index contributed by atoms with van der Waals surface area (Å²) in [6, 6.07) is 7.28. The van der Waals surface area contributed by atoms with Crippen LogP contribution in [0.2, 0.25) is 0 Å². The van der Waals surface area contributed by atoms with Crippen LogP contribution in [-0.4, -0.2) is 32.7 Å². The van der Waals surface area contributed by atoms with Gasteiger partial charge < -0.3 is 19.5 Å². The summed E-state index contributed by atoms with van der Waals surface area (Å²) in [4.78, 5) is 23.9. The molecule has 8 heteroatoms. The predicted molar refractivity (Wildman–Crippen MR) is 92.7 cm³/mol. The average molecular weight is 379 g/mol. The Hall–Kier alpha value is -3.16. The molecule has 2 aromatic rings. The van der Waals surface area contributed by atoms with Crippen LogP contribution in [-0.2, 0) is 9.53 Å². The summed E-state index contributed by atoms with van der Waals surface area (Å²) in [7, 11) is 3.02. The number of hydrogen-bond acceptors (Lipinski definition) is 5. The van der Waals surface area contributed by atoms with Crippen LogP contribution < -0.4 is 14.8 Å². The number of halogens is 2. The number of rotatable bonds is 7. The van der Waals surface area contributed by atoms with E-state index in [0.717, 1.165) is 12.1 Å². The third-order valence-electron chi connectivity index (χ3n) is 3.77. The maximum atomic E-state index is 13.1. The van der Waals surface area contributed by atoms with E-state index in [1.54, 1.807) is 25.1 Å². The van der Waals surface area contributed by atoms with Crippen LogP contribution in [0.3, 0.4) is 0 Å². The average Bonchev–Trinajstić information content (AvgIpc) is 2.67. The van der Waals surface area contributed by atoms with Crippen molar-refractivity contribution in [2.75, 3.05) is 20.8 Å². The van der Waals surface area contributed by atoms with Gasteiger partial charge >= 0.3 is 5.97 Å². The van der Waals surface area contributed by atoms with Crippen molar-refractivity contribution in [3.8, 4) is 11.5 Å². The largest absolute Gasteiger partial charge is 0.497 e. The number of carbonyl (C=O) groups is 2. The Morgan fingerprint density at radius 1 is 1.04 bits per heavy atom. The topological polar surface area (TPSA) is 73.9 Å². The zero-order valence-corrected chi connectivity index (χ0v) is 15.0. The van der Waals surface area contributed by atoms with E-state index < -0.39 is 36.2 Å². The third-order valence-corrected chi connectivity index (χ3v) is 3.77. The summed E-state index contributed by atoms with van der Waals surface area (Å²) in [6.45, 7) is 1.15. The fourth-order valence-electron chi connectivity index (χ4n) is 2.38. The summed E-state index contributed by atoms with van der Waals surface area (Å²) < 4.78 is 41.3. The third kappa shape index (κ3) is 5.16. The number of ether oxygens (including phenoxy) is 3. The van der Waals surface area contributed by atoms with E-state index in [0.29, 0.717) is 23.1 Å². The van der Waals surface area contributed by atoms with Gasteiger partial charge in [0.25, 0.3) is 5.91 Å². The standard InChI is InChI=1S/C19H19F2NO5/c1-11(14-9-13(25-2)5-7-17(14)26-3)22-18(23)10-27-19(24)12-4-6-15(20)16(21)8-12/h4-9,11H,10H2,1-3H3,(H,22,23)/t11-/m0/s1. The van der Waals surface area contributed by atoms with Gasteiger partial charge in [-0.25, -0.2) is 13.6 Å². The maximum Gasteiger partial charge on any atom is 0.338 e. The number of amides is 1. The highest BCUT2D eigenvalue weighted by Gasteiger charge is 2.17. The summed E-state index contributed by atoms with van der Waals surface area (Å²) in [5.74, 6) is -2.60. The van der Waals surface area contributed by atoms with E-state index in [2.05, 4.69) is 5.32 Å². The molecule has 0 aliphatic rings. The van der Waals surface area contributed by atoms with Gasteiger partial charge in [0.15, 0.2) is 18.2 Å². The van der Waals surface area contributed by atoms with Crippen molar-refractivity contribution in [2.24, 2.45) is 0 Å². The number of hydrogen-bond donors (Lipinski definition) is 1. The lowest BCUT2D eigenvalue weighted by Crippen LogP contribution is -2.31. The summed E-state index contributed by atoms with van der Waals surface area (Å²) in [5, 5.41) is 2.66. The van der Waals surface area contributed by atoms with Gasteiger partial charge in [-0.3, -0.25) is 4.79 Å². The first-order valence-corrected chi connectivity index (χ1v) is 7.99. The molecule has 0 saturated heterocycles. The molecule has 27 heavy (non-hydrogen) atoms. The van der Waals surface area contributed by atoms with E-state index in [1.165, 1.54) is 14.2 Å². The predicted octanol–water partition coefficient (Wildman–Crippen LogP) is 3.02. The molecule has 2 rings (SSSR count). The molecule has 2 aromatic carbocycles. The zero-order chi connectivity index (χ0) is 20.0. The number of esters is 1. The van der Waals surface area contributed by atoms with Crippen molar-refractivity contribution >= 4 is 11.9 Å². The normalized spacial score (nSPS) is 11.4. The molecule has 0 unspecified atom stereocenters. The van der Waals surface area contributed by atoms with Gasteiger partial charge in [-0.2, -0.15) is 0 Å². The molecule has 0 saturated carbocycles. The van der Waals surface area contributed by atoms with Gasteiger partial charge in [0.05, 0.1) is 25.8 Å². The second-order valence-corrected chi connectivity index (χ2v) is 5.60. The van der Waals surface area contributed by atoms with Gasteiger partial charge in [0, 0.05) is 5.56 Å². The summed E-state index contributed by atoms with van der Waals surface area (Å²) in [6.07, 6.45) is 0. The Morgan fingerprint density at radius 2 is 1.78 bits per heavy atom. The van der Waals surface area contributed by atoms with E-state index in [4.69, 9.17) is 14.2 Å². The van der Waals surface area contributed by atoms with Gasteiger partial charge in [-0.15, -0.1) is 0 Å². The van der Waals surface area contributed by atoms with Crippen LogP contribution in [0, 0.1) is 11.6 Å². The highest BCUT2D eigenvalue weighted by molar-refractivity contribution is 5.91. The molecule has 1 N–H and O–H groups in total. The Bertz CT molecular complexity index is 841. The van der Waals surface area contributed by atoms with Crippen molar-refractivity contribution in [1.29, 1.82) is 0 Å². The van der Waals surface area contributed by atoms with Gasteiger partial charge in [-0.1, -0.05) is 0 Å². The van der Waals surface area contributed by atoms with E-state index in [-0.39, 0.29) is 5.56 Å². The van der Waals surface area contributed by atoms with Crippen LogP contribution in [0.4, 0.5) is 8.78 Å². The maximum absolute atomic E-state index is 13.1. The fraction of sp³-hybridized carbons (Fsp3) is 0.263. The highest BCUT2D eigenvalue weighted by Crippen LogP contribution is 2.29. The van der Waals surface area contributed by atoms with E-state index >= 15 is 0 Å². The van der Waals surface area contributed by atoms with Crippen LogP contribution in [0.25, 0.3) is 0 Å². The monoisotopic (exact) mass is 379 g/mol. The van der Waals surface area contributed by atoms with Crippen LogP contribution in [0.1, 0.15) is 28.9 Å². The number of nitrogens with one attached hydrogen (secondary N) is 1. The molecule has 0 fully saturated rings. The minimum atomic E-state index is -1.17. The Morgan fingerprint density at radius 3 is 2.41 bits per heavy atom. The van der Waals surface area contributed by atoms with E-state index in [1.807, 2.05) is 0 Å². The lowest BCUT2D eigenvalue weighted by Gasteiger charge is -2.18. The Balaban J connectivity index is 1.97. The molecule has 0 aliphatic carbocycles. The van der Waals surface area contributed by atoms with Gasteiger partial charge in [-0.05, 0) is 43.3 Å². The second-order valence-electron chi connectivity index (χ2n) is 5.60. The highest BCUT2D eigenvalue weighted by atomic mass is 19.2. The molecule has 0 spiro atoms.